The molecule has 108 valence electrons. The molecule has 0 aliphatic carbocycles. The van der Waals surface area contributed by atoms with Crippen molar-refractivity contribution in [1.29, 1.82) is 0 Å². The molecule has 1 aliphatic rings. The highest BCUT2D eigenvalue weighted by atomic mass is 35.5. The Labute approximate surface area is 121 Å². The van der Waals surface area contributed by atoms with E-state index in [1.54, 1.807) is 18.2 Å². The standard InChI is InChI=1S/C12H13ClN2O4S/c1-20(18,19)14-6-7-2-3-10-8(4-7)9(5-11(13)16)12(17)15-10/h2-4,9,14H,5-6H2,1H3,(H,15,17). The van der Waals surface area contributed by atoms with E-state index in [0.717, 1.165) is 6.26 Å². The summed E-state index contributed by atoms with van der Waals surface area (Å²) in [4.78, 5) is 22.8. The Hall–Kier alpha value is -1.44. The Kier molecular flexibility index (Phi) is 4.12. The number of carbonyl (C=O) groups excluding carboxylic acids is 2. The van der Waals surface area contributed by atoms with Gasteiger partial charge in [0.2, 0.25) is 21.2 Å². The zero-order valence-corrected chi connectivity index (χ0v) is 12.2. The summed E-state index contributed by atoms with van der Waals surface area (Å²) in [6.45, 7) is 0.127. The van der Waals surface area contributed by atoms with E-state index < -0.39 is 21.2 Å². The number of rotatable bonds is 5. The van der Waals surface area contributed by atoms with Crippen LogP contribution in [0.3, 0.4) is 0 Å². The Bertz CT molecular complexity index is 672. The van der Waals surface area contributed by atoms with E-state index >= 15 is 0 Å². The molecule has 1 heterocycles. The number of hydrogen-bond donors (Lipinski definition) is 2. The summed E-state index contributed by atoms with van der Waals surface area (Å²) < 4.78 is 24.5. The number of carbonyl (C=O) groups is 2. The van der Waals surface area contributed by atoms with Crippen molar-refractivity contribution >= 4 is 38.5 Å². The van der Waals surface area contributed by atoms with Crippen LogP contribution in [-0.4, -0.2) is 25.8 Å². The van der Waals surface area contributed by atoms with Gasteiger partial charge < -0.3 is 5.32 Å². The molecule has 2 N–H and O–H groups in total. The third kappa shape index (κ3) is 3.56. The first-order valence-corrected chi connectivity index (χ1v) is 8.10. The van der Waals surface area contributed by atoms with Crippen LogP contribution in [0.2, 0.25) is 0 Å². The van der Waals surface area contributed by atoms with Gasteiger partial charge in [-0.3, -0.25) is 9.59 Å². The van der Waals surface area contributed by atoms with E-state index in [1.165, 1.54) is 0 Å². The lowest BCUT2D eigenvalue weighted by atomic mass is 9.96. The molecule has 0 bridgehead atoms. The van der Waals surface area contributed by atoms with Gasteiger partial charge in [0.1, 0.15) is 0 Å². The van der Waals surface area contributed by atoms with E-state index in [1.807, 2.05) is 0 Å². The average molecular weight is 317 g/mol. The molecule has 0 radical (unpaired) electrons. The summed E-state index contributed by atoms with van der Waals surface area (Å²) in [5, 5.41) is 2.08. The van der Waals surface area contributed by atoms with Crippen molar-refractivity contribution in [2.24, 2.45) is 0 Å². The van der Waals surface area contributed by atoms with Gasteiger partial charge in [0.05, 0.1) is 12.2 Å². The van der Waals surface area contributed by atoms with E-state index in [2.05, 4.69) is 10.0 Å². The second-order valence-corrected chi connectivity index (χ2v) is 6.87. The van der Waals surface area contributed by atoms with Crippen molar-refractivity contribution in [3.05, 3.63) is 29.3 Å². The van der Waals surface area contributed by atoms with Crippen molar-refractivity contribution in [2.45, 2.75) is 18.9 Å². The van der Waals surface area contributed by atoms with Gasteiger partial charge in [-0.25, -0.2) is 13.1 Å². The van der Waals surface area contributed by atoms with Crippen molar-refractivity contribution in [3.8, 4) is 0 Å². The van der Waals surface area contributed by atoms with Crippen LogP contribution in [0.5, 0.6) is 0 Å². The molecule has 20 heavy (non-hydrogen) atoms. The number of anilines is 1. The summed E-state index contributed by atoms with van der Waals surface area (Å²) in [6.07, 6.45) is 0.990. The summed E-state index contributed by atoms with van der Waals surface area (Å²) in [7, 11) is -3.29. The Morgan fingerprint density at radius 1 is 1.45 bits per heavy atom. The summed E-state index contributed by atoms with van der Waals surface area (Å²) in [5.41, 5.74) is 2.00. The van der Waals surface area contributed by atoms with E-state index in [-0.39, 0.29) is 18.9 Å². The number of sulfonamides is 1. The highest BCUT2D eigenvalue weighted by molar-refractivity contribution is 7.88. The van der Waals surface area contributed by atoms with Gasteiger partial charge in [-0.05, 0) is 28.8 Å². The van der Waals surface area contributed by atoms with Crippen molar-refractivity contribution in [3.63, 3.8) is 0 Å². The van der Waals surface area contributed by atoms with Crippen LogP contribution in [0.25, 0.3) is 0 Å². The number of benzene rings is 1. The molecule has 0 spiro atoms. The molecule has 1 atom stereocenters. The van der Waals surface area contributed by atoms with Gasteiger partial charge in [-0.2, -0.15) is 0 Å². The topological polar surface area (TPSA) is 92.3 Å². The first-order chi connectivity index (χ1) is 9.26. The van der Waals surface area contributed by atoms with E-state index in [4.69, 9.17) is 11.6 Å². The number of fused-ring (bicyclic) bond motifs is 1. The molecule has 0 fully saturated rings. The molecule has 1 aromatic carbocycles. The predicted octanol–water partition coefficient (Wildman–Crippen LogP) is 0.927. The molecular weight excluding hydrogens is 304 g/mol. The monoisotopic (exact) mass is 316 g/mol. The number of amides is 1. The minimum atomic E-state index is -3.29. The molecule has 1 unspecified atom stereocenters. The largest absolute Gasteiger partial charge is 0.325 e. The zero-order valence-electron chi connectivity index (χ0n) is 10.6. The first kappa shape index (κ1) is 15.0. The maximum Gasteiger partial charge on any atom is 0.232 e. The number of halogens is 1. The van der Waals surface area contributed by atoms with Crippen LogP contribution in [0.15, 0.2) is 18.2 Å². The highest BCUT2D eigenvalue weighted by Crippen LogP contribution is 2.35. The molecule has 8 heteroatoms. The summed E-state index contributed by atoms with van der Waals surface area (Å²) in [6, 6.07) is 5.10. The summed E-state index contributed by atoms with van der Waals surface area (Å²) in [5.74, 6) is -0.893. The molecule has 1 amide bonds. The van der Waals surface area contributed by atoms with Crippen LogP contribution in [0.4, 0.5) is 5.69 Å². The van der Waals surface area contributed by atoms with Gasteiger partial charge in [-0.1, -0.05) is 12.1 Å². The molecule has 2 rings (SSSR count). The molecule has 0 aromatic heterocycles. The van der Waals surface area contributed by atoms with Gasteiger partial charge in [0.15, 0.2) is 0 Å². The minimum Gasteiger partial charge on any atom is -0.325 e. The maximum absolute atomic E-state index is 11.8. The molecule has 0 saturated heterocycles. The first-order valence-electron chi connectivity index (χ1n) is 5.83. The van der Waals surface area contributed by atoms with Gasteiger partial charge in [0.25, 0.3) is 0 Å². The van der Waals surface area contributed by atoms with E-state index in [0.29, 0.717) is 16.8 Å². The fraction of sp³-hybridized carbons (Fsp3) is 0.333. The lowest BCUT2D eigenvalue weighted by molar-refractivity contribution is -0.120. The number of hydrogen-bond acceptors (Lipinski definition) is 4. The normalized spacial score (nSPS) is 17.7. The lowest BCUT2D eigenvalue weighted by Gasteiger charge is -2.08. The minimum absolute atomic E-state index is 0.0800. The molecule has 1 aliphatic heterocycles. The fourth-order valence-electron chi connectivity index (χ4n) is 2.06. The Balaban J connectivity index is 2.24. The molecule has 1 aromatic rings. The third-order valence-electron chi connectivity index (χ3n) is 2.97. The van der Waals surface area contributed by atoms with Crippen LogP contribution in [0, 0.1) is 0 Å². The smallest absolute Gasteiger partial charge is 0.232 e. The molecular formula is C12H13ClN2O4S. The quantitative estimate of drug-likeness (QED) is 0.790. The molecule has 0 saturated carbocycles. The fourth-order valence-corrected chi connectivity index (χ4v) is 2.65. The zero-order chi connectivity index (χ0) is 14.9. The average Bonchev–Trinajstić information content (AvgIpc) is 2.62. The highest BCUT2D eigenvalue weighted by Gasteiger charge is 2.32. The van der Waals surface area contributed by atoms with E-state index in [9.17, 15) is 18.0 Å². The van der Waals surface area contributed by atoms with Gasteiger partial charge >= 0.3 is 0 Å². The van der Waals surface area contributed by atoms with Crippen LogP contribution in [0.1, 0.15) is 23.5 Å². The van der Waals surface area contributed by atoms with Crippen molar-refractivity contribution < 1.29 is 18.0 Å². The predicted molar refractivity (Wildman–Crippen MR) is 75.0 cm³/mol. The van der Waals surface area contributed by atoms with Crippen LogP contribution < -0.4 is 10.0 Å². The maximum atomic E-state index is 11.8. The second-order valence-electron chi connectivity index (χ2n) is 4.62. The van der Waals surface area contributed by atoms with Crippen LogP contribution >= 0.6 is 11.6 Å². The SMILES string of the molecule is CS(=O)(=O)NCc1ccc2c(c1)C(CC(=O)Cl)C(=O)N2. The van der Waals surface area contributed by atoms with Crippen molar-refractivity contribution in [1.82, 2.24) is 4.72 Å². The Morgan fingerprint density at radius 2 is 2.15 bits per heavy atom. The Morgan fingerprint density at radius 3 is 2.75 bits per heavy atom. The van der Waals surface area contributed by atoms with Crippen molar-refractivity contribution in [2.75, 3.05) is 11.6 Å². The van der Waals surface area contributed by atoms with Gasteiger partial charge in [-0.15, -0.1) is 0 Å². The second kappa shape index (κ2) is 5.51. The third-order valence-corrected chi connectivity index (χ3v) is 3.79. The van der Waals surface area contributed by atoms with Gasteiger partial charge in [0, 0.05) is 18.7 Å². The lowest BCUT2D eigenvalue weighted by Crippen LogP contribution is -2.21. The summed E-state index contributed by atoms with van der Waals surface area (Å²) >= 11 is 5.34. The molecule has 6 nitrogen and oxygen atoms in total. The van der Waals surface area contributed by atoms with Crippen LogP contribution in [-0.2, 0) is 26.2 Å². The number of nitrogens with one attached hydrogen (secondary N) is 2.